The van der Waals surface area contributed by atoms with Crippen molar-refractivity contribution >= 4 is 34.4 Å². The monoisotopic (exact) mass is 447 g/mol. The highest BCUT2D eigenvalue weighted by molar-refractivity contribution is 6.31. The summed E-state index contributed by atoms with van der Waals surface area (Å²) in [4.78, 5) is 27.6. The summed E-state index contributed by atoms with van der Waals surface area (Å²) in [6, 6.07) is 1.50. The number of aliphatic hydroxyl groups is 1. The summed E-state index contributed by atoms with van der Waals surface area (Å²) < 4.78 is 19.4. The van der Waals surface area contributed by atoms with E-state index in [0.717, 1.165) is 18.0 Å². The average Bonchev–Trinajstić information content (AvgIpc) is 3.12. The molecular weight excluding hydrogens is 425 g/mol. The van der Waals surface area contributed by atoms with Crippen LogP contribution in [0.1, 0.15) is 39.0 Å². The molecule has 3 aromatic heterocycles. The number of hydrogen-bond acceptors (Lipinski definition) is 7. The lowest BCUT2D eigenvalue weighted by Crippen LogP contribution is -2.42. The maximum absolute atomic E-state index is 14.5. The molecule has 1 saturated carbocycles. The van der Waals surface area contributed by atoms with Crippen LogP contribution in [0.15, 0.2) is 24.7 Å². The molecule has 2 atom stereocenters. The summed E-state index contributed by atoms with van der Waals surface area (Å²) in [5.41, 5.74) is 0.0852. The van der Waals surface area contributed by atoms with Crippen LogP contribution in [0.25, 0.3) is 22.4 Å². The van der Waals surface area contributed by atoms with Crippen LogP contribution in [0, 0.1) is 5.82 Å². The van der Waals surface area contributed by atoms with Gasteiger partial charge in [0, 0.05) is 29.4 Å². The van der Waals surface area contributed by atoms with Crippen molar-refractivity contribution in [3.8, 4) is 11.4 Å². The molecule has 0 spiro atoms. The number of pyridine rings is 1. The smallest absolute Gasteiger partial charge is 0.308 e. The van der Waals surface area contributed by atoms with Gasteiger partial charge in [-0.3, -0.25) is 4.79 Å². The molecule has 8 nitrogen and oxygen atoms in total. The minimum absolute atomic E-state index is 0.0414. The number of esters is 1. The minimum Gasteiger partial charge on any atom is -0.466 e. The van der Waals surface area contributed by atoms with Crippen LogP contribution in [0.4, 0.5) is 10.2 Å². The van der Waals surface area contributed by atoms with Crippen molar-refractivity contribution < 1.29 is 19.0 Å². The highest BCUT2D eigenvalue weighted by Crippen LogP contribution is 2.34. The van der Waals surface area contributed by atoms with Crippen LogP contribution in [0.3, 0.4) is 0 Å². The van der Waals surface area contributed by atoms with E-state index >= 15 is 0 Å². The van der Waals surface area contributed by atoms with Gasteiger partial charge in [-0.2, -0.15) is 0 Å². The zero-order chi connectivity index (χ0) is 22.0. The first-order valence-electron chi connectivity index (χ1n) is 10.2. The lowest BCUT2D eigenvalue weighted by molar-refractivity contribution is -0.150. The lowest BCUT2D eigenvalue weighted by atomic mass is 9.79. The van der Waals surface area contributed by atoms with E-state index in [-0.39, 0.29) is 31.3 Å². The maximum Gasteiger partial charge on any atom is 0.308 e. The van der Waals surface area contributed by atoms with Crippen LogP contribution in [-0.2, 0) is 9.53 Å². The first-order chi connectivity index (χ1) is 14.9. The highest BCUT2D eigenvalue weighted by atomic mass is 35.5. The topological polar surface area (TPSA) is 113 Å². The molecule has 10 heteroatoms. The molecule has 0 saturated heterocycles. The summed E-state index contributed by atoms with van der Waals surface area (Å²) in [5.74, 6) is -0.677. The second kappa shape index (κ2) is 8.76. The van der Waals surface area contributed by atoms with E-state index in [9.17, 15) is 14.3 Å². The number of nitrogens with one attached hydrogen (secondary N) is 2. The second-order valence-electron chi connectivity index (χ2n) is 7.79. The van der Waals surface area contributed by atoms with Crippen molar-refractivity contribution in [3.63, 3.8) is 0 Å². The number of ether oxygens (including phenoxy) is 1. The summed E-state index contributed by atoms with van der Waals surface area (Å²) in [6.45, 7) is 1.99. The SMILES string of the molecule is CCOC(=O)C[C@]1(O)CCCC(Nc2nc(-c3c[nH]c4ncc(Cl)cc34)ncc2F)C1. The molecule has 0 bridgehead atoms. The molecule has 3 heterocycles. The van der Waals surface area contributed by atoms with Gasteiger partial charge in [-0.1, -0.05) is 11.6 Å². The molecule has 3 N–H and O–H groups in total. The number of hydrogen-bond donors (Lipinski definition) is 3. The number of anilines is 1. The average molecular weight is 448 g/mol. The third-order valence-corrected chi connectivity index (χ3v) is 5.63. The number of aromatic amines is 1. The number of aromatic nitrogens is 4. The van der Waals surface area contributed by atoms with Crippen molar-refractivity contribution in [3.05, 3.63) is 35.5 Å². The van der Waals surface area contributed by atoms with E-state index in [0.29, 0.717) is 34.9 Å². The van der Waals surface area contributed by atoms with Gasteiger partial charge in [-0.05, 0) is 38.7 Å². The van der Waals surface area contributed by atoms with Crippen molar-refractivity contribution in [1.82, 2.24) is 19.9 Å². The molecule has 3 aromatic rings. The first kappa shape index (κ1) is 21.5. The Hall–Kier alpha value is -2.78. The van der Waals surface area contributed by atoms with Gasteiger partial charge >= 0.3 is 5.97 Å². The molecule has 1 fully saturated rings. The minimum atomic E-state index is -1.19. The summed E-state index contributed by atoms with van der Waals surface area (Å²) in [7, 11) is 0. The Morgan fingerprint density at radius 3 is 3.10 bits per heavy atom. The van der Waals surface area contributed by atoms with Crippen molar-refractivity contribution in [2.75, 3.05) is 11.9 Å². The lowest BCUT2D eigenvalue weighted by Gasteiger charge is -2.36. The fourth-order valence-electron chi connectivity index (χ4n) is 4.06. The van der Waals surface area contributed by atoms with Crippen molar-refractivity contribution in [2.24, 2.45) is 0 Å². The van der Waals surface area contributed by atoms with E-state index in [2.05, 4.69) is 25.3 Å². The molecule has 1 aliphatic carbocycles. The molecule has 1 unspecified atom stereocenters. The second-order valence-corrected chi connectivity index (χ2v) is 8.22. The third kappa shape index (κ3) is 4.77. The molecule has 31 heavy (non-hydrogen) atoms. The Bertz CT molecular complexity index is 1110. The number of H-pyrrole nitrogens is 1. The van der Waals surface area contributed by atoms with Crippen molar-refractivity contribution in [2.45, 2.75) is 50.7 Å². The zero-order valence-electron chi connectivity index (χ0n) is 17.0. The molecule has 0 radical (unpaired) electrons. The Morgan fingerprint density at radius 2 is 2.29 bits per heavy atom. The van der Waals surface area contributed by atoms with Crippen LogP contribution < -0.4 is 5.32 Å². The van der Waals surface area contributed by atoms with Gasteiger partial charge in [0.25, 0.3) is 0 Å². The molecule has 0 amide bonds. The predicted octanol–water partition coefficient (Wildman–Crippen LogP) is 3.85. The Kier molecular flexibility index (Phi) is 6.06. The molecule has 4 rings (SSSR count). The van der Waals surface area contributed by atoms with Crippen LogP contribution in [-0.4, -0.2) is 49.3 Å². The van der Waals surface area contributed by atoms with E-state index < -0.39 is 17.4 Å². The Morgan fingerprint density at radius 1 is 1.45 bits per heavy atom. The van der Waals surface area contributed by atoms with Gasteiger partial charge in [-0.15, -0.1) is 0 Å². The fourth-order valence-corrected chi connectivity index (χ4v) is 4.22. The number of nitrogens with zero attached hydrogens (tertiary/aromatic N) is 3. The van der Waals surface area contributed by atoms with Gasteiger partial charge in [0.15, 0.2) is 17.5 Å². The first-order valence-corrected chi connectivity index (χ1v) is 10.5. The normalized spacial score (nSPS) is 21.2. The number of carbonyl (C=O) groups excluding carboxylic acids is 1. The van der Waals surface area contributed by atoms with E-state index in [4.69, 9.17) is 16.3 Å². The van der Waals surface area contributed by atoms with Crippen molar-refractivity contribution in [1.29, 1.82) is 0 Å². The van der Waals surface area contributed by atoms with Crippen LogP contribution in [0.2, 0.25) is 5.02 Å². The summed E-state index contributed by atoms with van der Waals surface area (Å²) in [6.07, 6.45) is 6.44. The van der Waals surface area contributed by atoms with Crippen LogP contribution >= 0.6 is 11.6 Å². The molecule has 0 aromatic carbocycles. The zero-order valence-corrected chi connectivity index (χ0v) is 17.7. The van der Waals surface area contributed by atoms with Gasteiger partial charge < -0.3 is 20.1 Å². The Balaban J connectivity index is 1.55. The van der Waals surface area contributed by atoms with Gasteiger partial charge in [0.2, 0.25) is 0 Å². The molecular formula is C21H23ClFN5O3. The Labute approximate surface area is 183 Å². The summed E-state index contributed by atoms with van der Waals surface area (Å²) >= 11 is 6.06. The predicted molar refractivity (Wildman–Crippen MR) is 114 cm³/mol. The number of halogens is 2. The van der Waals surface area contributed by atoms with Crippen LogP contribution in [0.5, 0.6) is 0 Å². The molecule has 164 valence electrons. The quantitative estimate of drug-likeness (QED) is 0.492. The van der Waals surface area contributed by atoms with Gasteiger partial charge in [0.1, 0.15) is 5.65 Å². The number of carbonyl (C=O) groups is 1. The largest absolute Gasteiger partial charge is 0.466 e. The van der Waals surface area contributed by atoms with Gasteiger partial charge in [0.05, 0.1) is 29.8 Å². The number of rotatable bonds is 6. The standard InChI is InChI=1S/C21H23ClFN5O3/c1-2-31-17(29)8-21(30)5-3-4-13(7-21)27-20-16(23)11-26-19(28-20)15-10-25-18-14(15)6-12(22)9-24-18/h6,9-11,13,30H,2-5,7-8H2,1H3,(H,24,25)(H,26,27,28)/t13?,21-/m0/s1. The molecule has 1 aliphatic rings. The van der Waals surface area contributed by atoms with E-state index in [1.807, 2.05) is 0 Å². The van der Waals surface area contributed by atoms with E-state index in [1.54, 1.807) is 19.2 Å². The fraction of sp³-hybridized carbons (Fsp3) is 0.429. The highest BCUT2D eigenvalue weighted by Gasteiger charge is 2.37. The summed E-state index contributed by atoms with van der Waals surface area (Å²) in [5, 5.41) is 15.1. The molecule has 0 aliphatic heterocycles. The number of fused-ring (bicyclic) bond motifs is 1. The van der Waals surface area contributed by atoms with E-state index in [1.165, 1.54) is 6.20 Å². The van der Waals surface area contributed by atoms with Gasteiger partial charge in [-0.25, -0.2) is 19.3 Å². The third-order valence-electron chi connectivity index (χ3n) is 5.42. The maximum atomic E-state index is 14.5.